The minimum atomic E-state index is -3.93. The topological polar surface area (TPSA) is 122 Å². The number of benzene rings is 3. The second-order valence-corrected chi connectivity index (χ2v) is 11.1. The minimum absolute atomic E-state index is 0.0686. The number of halogens is 1. The molecule has 0 radical (unpaired) electrons. The monoisotopic (exact) mass is 505 g/mol. The van der Waals surface area contributed by atoms with E-state index < -0.39 is 37.9 Å². The Morgan fingerprint density at radius 3 is 2.21 bits per heavy atom. The Balaban J connectivity index is 1.47. The van der Waals surface area contributed by atoms with Crippen molar-refractivity contribution in [2.75, 3.05) is 27.1 Å². The van der Waals surface area contributed by atoms with Gasteiger partial charge in [0.25, 0.3) is 15.9 Å². The van der Waals surface area contributed by atoms with Crippen LogP contribution < -0.4 is 19.1 Å². The first-order valence-corrected chi connectivity index (χ1v) is 13.3. The first-order valence-electron chi connectivity index (χ1n) is 9.96. The highest BCUT2D eigenvalue weighted by atomic mass is 32.2. The van der Waals surface area contributed by atoms with Crippen LogP contribution in [-0.2, 0) is 24.8 Å². The van der Waals surface area contributed by atoms with E-state index in [2.05, 4.69) is 10.0 Å². The van der Waals surface area contributed by atoms with Gasteiger partial charge in [-0.15, -0.1) is 0 Å². The minimum Gasteiger partial charge on any atom is -0.476 e. The molecule has 1 heterocycles. The predicted molar refractivity (Wildman–Crippen MR) is 125 cm³/mol. The summed E-state index contributed by atoms with van der Waals surface area (Å²) in [7, 11) is -7.58. The van der Waals surface area contributed by atoms with Gasteiger partial charge in [0.2, 0.25) is 10.0 Å². The Labute approximate surface area is 196 Å². The van der Waals surface area contributed by atoms with E-state index in [0.29, 0.717) is 11.4 Å². The zero-order chi connectivity index (χ0) is 24.5. The van der Waals surface area contributed by atoms with Crippen LogP contribution in [0.3, 0.4) is 0 Å². The Kier molecular flexibility index (Phi) is 6.19. The highest BCUT2D eigenvalue weighted by Crippen LogP contribution is 2.34. The number of rotatable bonds is 6. The van der Waals surface area contributed by atoms with Gasteiger partial charge < -0.3 is 10.1 Å². The normalized spacial score (nSPS) is 15.7. The molecule has 1 atom stereocenters. The molecule has 178 valence electrons. The molecule has 0 bridgehead atoms. The van der Waals surface area contributed by atoms with Gasteiger partial charge in [-0.2, -0.15) is 0 Å². The molecule has 0 aromatic heterocycles. The molecular formula is C22H20FN3O6S2. The first-order chi connectivity index (χ1) is 16.0. The highest BCUT2D eigenvalue weighted by molar-refractivity contribution is 7.92. The van der Waals surface area contributed by atoms with Crippen LogP contribution in [0.5, 0.6) is 5.75 Å². The lowest BCUT2D eigenvalue weighted by Gasteiger charge is -2.33. The van der Waals surface area contributed by atoms with E-state index in [4.69, 9.17) is 4.74 Å². The van der Waals surface area contributed by atoms with Crippen LogP contribution in [-0.4, -0.2) is 41.6 Å². The smallest absolute Gasteiger partial charge is 0.267 e. The molecule has 1 aliphatic rings. The molecule has 2 N–H and O–H groups in total. The Bertz CT molecular complexity index is 1430. The van der Waals surface area contributed by atoms with Gasteiger partial charge in [0.15, 0.2) is 6.10 Å². The molecule has 34 heavy (non-hydrogen) atoms. The lowest BCUT2D eigenvalue weighted by atomic mass is 10.2. The summed E-state index contributed by atoms with van der Waals surface area (Å²) >= 11 is 0. The van der Waals surface area contributed by atoms with E-state index in [1.165, 1.54) is 36.4 Å². The fourth-order valence-corrected chi connectivity index (χ4v) is 5.30. The Morgan fingerprint density at radius 2 is 1.56 bits per heavy atom. The number of para-hydroxylation sites is 2. The van der Waals surface area contributed by atoms with Gasteiger partial charge in [0.05, 0.1) is 23.4 Å². The molecule has 3 aromatic rings. The van der Waals surface area contributed by atoms with Crippen LogP contribution in [0.25, 0.3) is 0 Å². The summed E-state index contributed by atoms with van der Waals surface area (Å²) in [5.74, 6) is -0.830. The number of nitrogens with zero attached hydrogens (tertiary/aromatic N) is 1. The zero-order valence-electron chi connectivity index (χ0n) is 17.8. The van der Waals surface area contributed by atoms with E-state index in [9.17, 15) is 26.0 Å². The van der Waals surface area contributed by atoms with Gasteiger partial charge in [0.1, 0.15) is 11.6 Å². The van der Waals surface area contributed by atoms with Gasteiger partial charge >= 0.3 is 0 Å². The third-order valence-electron chi connectivity index (χ3n) is 4.96. The van der Waals surface area contributed by atoms with Gasteiger partial charge in [-0.1, -0.05) is 12.1 Å². The van der Waals surface area contributed by atoms with Crippen molar-refractivity contribution in [1.82, 2.24) is 0 Å². The van der Waals surface area contributed by atoms with E-state index in [1.54, 1.807) is 24.3 Å². The van der Waals surface area contributed by atoms with Crippen molar-refractivity contribution >= 4 is 43.0 Å². The molecule has 0 spiro atoms. The highest BCUT2D eigenvalue weighted by Gasteiger charge is 2.34. The summed E-state index contributed by atoms with van der Waals surface area (Å²) in [5.41, 5.74) is 0.834. The maximum atomic E-state index is 13.0. The molecular weight excluding hydrogens is 485 g/mol. The van der Waals surface area contributed by atoms with Gasteiger partial charge in [0, 0.05) is 11.4 Å². The van der Waals surface area contributed by atoms with Crippen molar-refractivity contribution in [2.24, 2.45) is 0 Å². The van der Waals surface area contributed by atoms with Crippen molar-refractivity contribution in [3.05, 3.63) is 78.6 Å². The maximum Gasteiger partial charge on any atom is 0.267 e. The number of amides is 1. The summed E-state index contributed by atoms with van der Waals surface area (Å²) in [4.78, 5) is 12.7. The van der Waals surface area contributed by atoms with Crippen LogP contribution in [0.15, 0.2) is 77.7 Å². The summed E-state index contributed by atoms with van der Waals surface area (Å²) in [6, 6.07) is 16.7. The predicted octanol–water partition coefficient (Wildman–Crippen LogP) is 2.79. The van der Waals surface area contributed by atoms with Crippen molar-refractivity contribution in [3.8, 4) is 5.75 Å². The number of hydrogen-bond donors (Lipinski definition) is 2. The number of carbonyl (C=O) groups is 1. The summed E-state index contributed by atoms with van der Waals surface area (Å²) < 4.78 is 71.7. The SMILES string of the molecule is CS(=O)(=O)N1C[C@H](C(=O)Nc2ccc(S(=O)(=O)Nc3ccc(F)cc3)cc2)Oc2ccccc21. The lowest BCUT2D eigenvalue weighted by molar-refractivity contribution is -0.122. The largest absolute Gasteiger partial charge is 0.476 e. The third kappa shape index (κ3) is 5.13. The molecule has 3 aromatic carbocycles. The van der Waals surface area contributed by atoms with E-state index in [0.717, 1.165) is 22.7 Å². The third-order valence-corrected chi connectivity index (χ3v) is 7.50. The van der Waals surface area contributed by atoms with Crippen molar-refractivity contribution in [1.29, 1.82) is 0 Å². The number of hydrogen-bond acceptors (Lipinski definition) is 6. The fraction of sp³-hybridized carbons (Fsp3) is 0.136. The fourth-order valence-electron chi connectivity index (χ4n) is 3.33. The standard InChI is InChI=1S/C22H20FN3O6S2/c1-33(28,29)26-14-21(32-20-5-3-2-4-19(20)26)22(27)24-16-10-12-18(13-11-16)34(30,31)25-17-8-6-15(23)7-9-17/h2-13,21,25H,14H2,1H3,(H,24,27)/t21-/m1/s1. The number of carbonyl (C=O) groups excluding carboxylic acids is 1. The summed E-state index contributed by atoms with van der Waals surface area (Å²) in [5, 5.41) is 2.61. The van der Waals surface area contributed by atoms with Crippen molar-refractivity contribution < 1.29 is 30.8 Å². The summed E-state index contributed by atoms with van der Waals surface area (Å²) in [6.07, 6.45) is -0.0726. The van der Waals surface area contributed by atoms with Crippen molar-refractivity contribution in [3.63, 3.8) is 0 Å². The molecule has 0 unspecified atom stereocenters. The lowest BCUT2D eigenvalue weighted by Crippen LogP contribution is -2.48. The number of fused-ring (bicyclic) bond motifs is 1. The van der Waals surface area contributed by atoms with Crippen LogP contribution >= 0.6 is 0 Å². The van der Waals surface area contributed by atoms with Crippen LogP contribution in [0.2, 0.25) is 0 Å². The van der Waals surface area contributed by atoms with Gasteiger partial charge in [-0.25, -0.2) is 21.2 Å². The average molecular weight is 506 g/mol. The molecule has 1 amide bonds. The van der Waals surface area contributed by atoms with E-state index >= 15 is 0 Å². The number of sulfonamides is 2. The molecule has 0 saturated carbocycles. The maximum absolute atomic E-state index is 13.0. The molecule has 0 fully saturated rings. The van der Waals surface area contributed by atoms with Crippen molar-refractivity contribution in [2.45, 2.75) is 11.0 Å². The molecule has 4 rings (SSSR count). The zero-order valence-corrected chi connectivity index (χ0v) is 19.4. The Hall–Kier alpha value is -3.64. The first kappa shape index (κ1) is 23.5. The molecule has 0 aliphatic carbocycles. The second-order valence-electron chi connectivity index (χ2n) is 7.49. The van der Waals surface area contributed by atoms with Crippen LogP contribution in [0.1, 0.15) is 0 Å². The number of ether oxygens (including phenoxy) is 1. The Morgan fingerprint density at radius 1 is 0.941 bits per heavy atom. The van der Waals surface area contributed by atoms with E-state index in [1.807, 2.05) is 0 Å². The van der Waals surface area contributed by atoms with Crippen LogP contribution in [0, 0.1) is 5.82 Å². The number of nitrogens with one attached hydrogen (secondary N) is 2. The summed E-state index contributed by atoms with van der Waals surface area (Å²) in [6.45, 7) is -0.213. The van der Waals surface area contributed by atoms with Gasteiger partial charge in [-0.05, 0) is 60.7 Å². The van der Waals surface area contributed by atoms with E-state index in [-0.39, 0.29) is 22.9 Å². The molecule has 9 nitrogen and oxygen atoms in total. The van der Waals surface area contributed by atoms with Crippen LogP contribution in [0.4, 0.5) is 21.5 Å². The average Bonchev–Trinajstić information content (AvgIpc) is 2.79. The van der Waals surface area contributed by atoms with Gasteiger partial charge in [-0.3, -0.25) is 13.8 Å². The molecule has 0 saturated heterocycles. The molecule has 1 aliphatic heterocycles. The number of anilines is 3. The molecule has 12 heteroatoms. The quantitative estimate of drug-likeness (QED) is 0.531. The second kappa shape index (κ2) is 8.95.